The Morgan fingerprint density at radius 3 is 1.83 bits per heavy atom. The Labute approximate surface area is 168 Å². The van der Waals surface area contributed by atoms with Crippen molar-refractivity contribution in [2.45, 2.75) is 32.1 Å². The molecule has 3 aromatic carbocycles. The molecule has 0 atom stereocenters. The quantitative estimate of drug-likeness (QED) is 0.428. The van der Waals surface area contributed by atoms with E-state index in [1.54, 1.807) is 30.3 Å². The molecule has 0 saturated carbocycles. The molecule has 5 nitrogen and oxygen atoms in total. The van der Waals surface area contributed by atoms with Gasteiger partial charge in [0.05, 0.1) is 5.56 Å². The van der Waals surface area contributed by atoms with Crippen molar-refractivity contribution in [2.75, 3.05) is 0 Å². The van der Waals surface area contributed by atoms with Gasteiger partial charge >= 0.3 is 5.97 Å². The van der Waals surface area contributed by atoms with E-state index in [9.17, 15) is 20.1 Å². The van der Waals surface area contributed by atoms with Crippen molar-refractivity contribution < 1.29 is 24.9 Å². The first-order valence-electron chi connectivity index (χ1n) is 9.36. The summed E-state index contributed by atoms with van der Waals surface area (Å²) < 4.78 is 5.90. The lowest BCUT2D eigenvalue weighted by Gasteiger charge is -2.30. The van der Waals surface area contributed by atoms with Crippen LogP contribution in [0.15, 0.2) is 54.6 Å². The Bertz CT molecular complexity index is 1070. The van der Waals surface area contributed by atoms with Crippen LogP contribution in [0.4, 0.5) is 0 Å². The molecule has 0 aliphatic carbocycles. The Morgan fingerprint density at radius 1 is 0.828 bits per heavy atom. The highest BCUT2D eigenvalue weighted by atomic mass is 16.5. The molecule has 0 amide bonds. The standard InChI is InChI=1S/C24H22O5/c1-24(2,3)13-4-7-16(19(10-13)23(27)28)22-17-8-5-14(25)11-20(17)29-21-12-15(26)6-9-18(21)22/h4-12,22,25-26H,1-3H3,(H,27,28). The predicted molar refractivity (Wildman–Crippen MR) is 109 cm³/mol. The summed E-state index contributed by atoms with van der Waals surface area (Å²) in [5.74, 6) is -0.442. The molecule has 0 spiro atoms. The zero-order valence-corrected chi connectivity index (χ0v) is 16.4. The van der Waals surface area contributed by atoms with E-state index in [0.717, 1.165) is 16.7 Å². The molecule has 1 heterocycles. The first-order valence-corrected chi connectivity index (χ1v) is 9.36. The van der Waals surface area contributed by atoms with E-state index in [1.807, 2.05) is 32.9 Å². The topological polar surface area (TPSA) is 87.0 Å². The van der Waals surface area contributed by atoms with Gasteiger partial charge in [-0.1, -0.05) is 45.0 Å². The third-order valence-electron chi connectivity index (χ3n) is 5.30. The Morgan fingerprint density at radius 2 is 1.34 bits per heavy atom. The van der Waals surface area contributed by atoms with Gasteiger partial charge in [0.25, 0.3) is 0 Å². The van der Waals surface area contributed by atoms with Crippen molar-refractivity contribution in [3.05, 3.63) is 82.4 Å². The van der Waals surface area contributed by atoms with Crippen molar-refractivity contribution in [2.24, 2.45) is 0 Å². The van der Waals surface area contributed by atoms with Crippen LogP contribution in [0.25, 0.3) is 0 Å². The fraction of sp³-hybridized carbons (Fsp3) is 0.208. The molecule has 0 aromatic heterocycles. The molecule has 148 valence electrons. The first-order chi connectivity index (χ1) is 13.6. The summed E-state index contributed by atoms with van der Waals surface area (Å²) in [6.45, 7) is 6.12. The van der Waals surface area contributed by atoms with E-state index in [1.165, 1.54) is 12.1 Å². The fourth-order valence-electron chi connectivity index (χ4n) is 3.78. The Hall–Kier alpha value is -3.47. The number of carboxylic acid groups (broad SMARTS) is 1. The van der Waals surface area contributed by atoms with Crippen molar-refractivity contribution >= 4 is 5.97 Å². The summed E-state index contributed by atoms with van der Waals surface area (Å²) in [4.78, 5) is 12.2. The fourth-order valence-corrected chi connectivity index (χ4v) is 3.78. The lowest BCUT2D eigenvalue weighted by Crippen LogP contribution is -2.17. The highest BCUT2D eigenvalue weighted by molar-refractivity contribution is 5.90. The lowest BCUT2D eigenvalue weighted by atomic mass is 9.78. The van der Waals surface area contributed by atoms with E-state index < -0.39 is 11.9 Å². The molecule has 0 bridgehead atoms. The van der Waals surface area contributed by atoms with E-state index in [0.29, 0.717) is 17.1 Å². The van der Waals surface area contributed by atoms with E-state index in [-0.39, 0.29) is 22.5 Å². The Balaban J connectivity index is 1.99. The smallest absolute Gasteiger partial charge is 0.336 e. The van der Waals surface area contributed by atoms with Gasteiger partial charge in [-0.3, -0.25) is 0 Å². The van der Waals surface area contributed by atoms with Gasteiger partial charge in [-0.25, -0.2) is 4.79 Å². The van der Waals surface area contributed by atoms with Crippen LogP contribution in [-0.2, 0) is 5.41 Å². The second kappa shape index (κ2) is 6.55. The molecular formula is C24H22O5. The predicted octanol–water partition coefficient (Wildman–Crippen LogP) is 5.38. The van der Waals surface area contributed by atoms with E-state index in [4.69, 9.17) is 4.74 Å². The van der Waals surface area contributed by atoms with Crippen molar-refractivity contribution in [1.82, 2.24) is 0 Å². The van der Waals surface area contributed by atoms with Crippen molar-refractivity contribution in [3.63, 3.8) is 0 Å². The molecule has 3 aromatic rings. The summed E-state index contributed by atoms with van der Waals surface area (Å²) >= 11 is 0. The van der Waals surface area contributed by atoms with Crippen LogP contribution in [0, 0.1) is 0 Å². The second-order valence-corrected chi connectivity index (χ2v) is 8.34. The number of carbonyl (C=O) groups is 1. The zero-order valence-electron chi connectivity index (χ0n) is 16.4. The molecule has 1 aliphatic heterocycles. The van der Waals surface area contributed by atoms with Crippen LogP contribution >= 0.6 is 0 Å². The van der Waals surface area contributed by atoms with E-state index >= 15 is 0 Å². The number of hydrogen-bond donors (Lipinski definition) is 3. The number of fused-ring (bicyclic) bond motifs is 2. The monoisotopic (exact) mass is 390 g/mol. The van der Waals surface area contributed by atoms with Gasteiger partial charge in [0.15, 0.2) is 0 Å². The Kier molecular flexibility index (Phi) is 4.26. The maximum atomic E-state index is 12.2. The number of aromatic hydroxyl groups is 2. The molecule has 29 heavy (non-hydrogen) atoms. The first kappa shape index (κ1) is 18.9. The highest BCUT2D eigenvalue weighted by Crippen LogP contribution is 2.50. The number of phenols is 2. The lowest BCUT2D eigenvalue weighted by molar-refractivity contribution is 0.0695. The van der Waals surface area contributed by atoms with E-state index in [2.05, 4.69) is 0 Å². The number of ether oxygens (including phenoxy) is 1. The summed E-state index contributed by atoms with van der Waals surface area (Å²) in [5.41, 5.74) is 3.11. The van der Waals surface area contributed by atoms with Crippen LogP contribution in [0.1, 0.15) is 59.3 Å². The SMILES string of the molecule is CC(C)(C)c1ccc(C2c3ccc(O)cc3Oc3cc(O)ccc32)c(C(=O)O)c1. The molecule has 3 N–H and O–H groups in total. The summed E-state index contributed by atoms with van der Waals surface area (Å²) in [6.07, 6.45) is 0. The third-order valence-corrected chi connectivity index (χ3v) is 5.30. The number of carboxylic acids is 1. The van der Waals surface area contributed by atoms with Crippen molar-refractivity contribution in [1.29, 1.82) is 0 Å². The van der Waals surface area contributed by atoms with Crippen LogP contribution in [-0.4, -0.2) is 21.3 Å². The van der Waals surface area contributed by atoms with Gasteiger partial charge in [-0.05, 0) is 34.7 Å². The molecule has 1 aliphatic rings. The van der Waals surface area contributed by atoms with Gasteiger partial charge < -0.3 is 20.1 Å². The van der Waals surface area contributed by atoms with Crippen molar-refractivity contribution in [3.8, 4) is 23.0 Å². The number of phenolic OH excluding ortho intramolecular Hbond substituents is 2. The maximum Gasteiger partial charge on any atom is 0.336 e. The van der Waals surface area contributed by atoms with Crippen LogP contribution < -0.4 is 4.74 Å². The second-order valence-electron chi connectivity index (χ2n) is 8.34. The normalized spacial score (nSPS) is 13.3. The average Bonchev–Trinajstić information content (AvgIpc) is 2.64. The minimum absolute atomic E-state index is 0.0487. The largest absolute Gasteiger partial charge is 0.508 e. The van der Waals surface area contributed by atoms with Crippen LogP contribution in [0.3, 0.4) is 0 Å². The summed E-state index contributed by atoms with van der Waals surface area (Å²) in [5, 5.41) is 29.7. The molecular weight excluding hydrogens is 368 g/mol. The molecule has 0 fully saturated rings. The molecule has 5 heteroatoms. The summed E-state index contributed by atoms with van der Waals surface area (Å²) in [7, 11) is 0. The third kappa shape index (κ3) is 3.29. The molecule has 4 rings (SSSR count). The number of aromatic carboxylic acids is 1. The van der Waals surface area contributed by atoms with Crippen LogP contribution in [0.2, 0.25) is 0 Å². The maximum absolute atomic E-state index is 12.2. The minimum Gasteiger partial charge on any atom is -0.508 e. The molecule has 0 saturated heterocycles. The van der Waals surface area contributed by atoms with Crippen LogP contribution in [0.5, 0.6) is 23.0 Å². The number of benzene rings is 3. The minimum atomic E-state index is -1.00. The molecule has 0 radical (unpaired) electrons. The highest BCUT2D eigenvalue weighted by Gasteiger charge is 2.32. The van der Waals surface area contributed by atoms with Gasteiger partial charge in [0.1, 0.15) is 23.0 Å². The van der Waals surface area contributed by atoms with Gasteiger partial charge in [-0.15, -0.1) is 0 Å². The van der Waals surface area contributed by atoms with Gasteiger partial charge in [-0.2, -0.15) is 0 Å². The summed E-state index contributed by atoms with van der Waals surface area (Å²) in [6, 6.07) is 15.1. The number of rotatable bonds is 2. The number of hydrogen-bond acceptors (Lipinski definition) is 4. The van der Waals surface area contributed by atoms with Gasteiger partial charge in [0, 0.05) is 29.2 Å². The van der Waals surface area contributed by atoms with Gasteiger partial charge in [0.2, 0.25) is 0 Å². The average molecular weight is 390 g/mol. The molecule has 0 unspecified atom stereocenters. The zero-order chi connectivity index (χ0) is 20.9.